The molecule has 0 saturated heterocycles. The highest BCUT2D eigenvalue weighted by Gasteiger charge is 2.23. The zero-order chi connectivity index (χ0) is 16.4. The van der Waals surface area contributed by atoms with Crippen LogP contribution in [0.3, 0.4) is 0 Å². The largest absolute Gasteiger partial charge is 0.322 e. The third kappa shape index (κ3) is 3.08. The van der Waals surface area contributed by atoms with E-state index in [9.17, 15) is 23.7 Å². The summed E-state index contributed by atoms with van der Waals surface area (Å²) < 4.78 is 26.8. The van der Waals surface area contributed by atoms with Crippen LogP contribution in [0.1, 0.15) is 28.0 Å². The van der Waals surface area contributed by atoms with Crippen molar-refractivity contribution >= 4 is 17.3 Å². The Balaban J connectivity index is 2.26. The Bertz CT molecular complexity index is 743. The number of anilines is 1. The molecule has 0 aliphatic rings. The van der Waals surface area contributed by atoms with Gasteiger partial charge in [-0.15, -0.1) is 0 Å². The quantitative estimate of drug-likeness (QED) is 0.694. The number of nitrogens with one attached hydrogen (secondary N) is 1. The molecule has 22 heavy (non-hydrogen) atoms. The van der Waals surface area contributed by atoms with Crippen LogP contribution in [0, 0.1) is 17.0 Å². The zero-order valence-corrected chi connectivity index (χ0v) is 11.7. The summed E-state index contributed by atoms with van der Waals surface area (Å²) in [5.74, 6) is -0.753. The number of nitrogens with zero attached hydrogens (tertiary/aromatic N) is 3. The lowest BCUT2D eigenvalue weighted by Crippen LogP contribution is -2.13. The number of carbonyl (C=O) groups excluding carboxylic acids is 1. The molecule has 1 aromatic carbocycles. The molecule has 0 aliphatic carbocycles. The lowest BCUT2D eigenvalue weighted by atomic mass is 10.1. The summed E-state index contributed by atoms with van der Waals surface area (Å²) in [6.45, 7) is 1.52. The predicted molar refractivity (Wildman–Crippen MR) is 74.0 cm³/mol. The second kappa shape index (κ2) is 5.88. The van der Waals surface area contributed by atoms with Crippen molar-refractivity contribution in [3.63, 3.8) is 0 Å². The first-order valence-electron chi connectivity index (χ1n) is 6.17. The maximum Gasteiger partial charge on any atom is 0.282 e. The van der Waals surface area contributed by atoms with Gasteiger partial charge >= 0.3 is 0 Å². The molecule has 2 rings (SSSR count). The van der Waals surface area contributed by atoms with Crippen LogP contribution in [0.5, 0.6) is 0 Å². The minimum Gasteiger partial charge on any atom is -0.322 e. The predicted octanol–water partition coefficient (Wildman–Crippen LogP) is 2.83. The molecule has 0 spiro atoms. The number of alkyl halides is 2. The number of hydrogen-bond donors (Lipinski definition) is 1. The van der Waals surface area contributed by atoms with E-state index in [4.69, 9.17) is 0 Å². The molecule has 0 aliphatic heterocycles. The number of aryl methyl sites for hydroxylation is 2. The van der Waals surface area contributed by atoms with E-state index in [0.29, 0.717) is 5.56 Å². The van der Waals surface area contributed by atoms with Gasteiger partial charge in [0.15, 0.2) is 0 Å². The number of rotatable bonds is 4. The Kier molecular flexibility index (Phi) is 4.15. The van der Waals surface area contributed by atoms with Crippen molar-refractivity contribution in [2.45, 2.75) is 13.3 Å². The van der Waals surface area contributed by atoms with Crippen molar-refractivity contribution in [2.24, 2.45) is 7.05 Å². The number of amides is 1. The summed E-state index contributed by atoms with van der Waals surface area (Å²) in [4.78, 5) is 22.2. The van der Waals surface area contributed by atoms with Crippen molar-refractivity contribution in [1.82, 2.24) is 9.78 Å². The Hall–Kier alpha value is -2.84. The number of nitro benzene ring substituents is 1. The highest BCUT2D eigenvalue weighted by Crippen LogP contribution is 2.24. The molecule has 1 N–H and O–H groups in total. The number of halogens is 2. The van der Waals surface area contributed by atoms with Gasteiger partial charge in [-0.3, -0.25) is 19.6 Å². The maximum atomic E-state index is 12.8. The fraction of sp³-hybridized carbons (Fsp3) is 0.231. The molecule has 9 heteroatoms. The fourth-order valence-electron chi connectivity index (χ4n) is 1.98. The van der Waals surface area contributed by atoms with Gasteiger partial charge in [0.25, 0.3) is 18.0 Å². The average Bonchev–Trinajstić information content (AvgIpc) is 2.81. The van der Waals surface area contributed by atoms with Gasteiger partial charge in [0.05, 0.1) is 10.5 Å². The van der Waals surface area contributed by atoms with Gasteiger partial charge in [-0.05, 0) is 19.1 Å². The molecule has 116 valence electrons. The van der Waals surface area contributed by atoms with Crippen LogP contribution in [-0.4, -0.2) is 20.6 Å². The van der Waals surface area contributed by atoms with Gasteiger partial charge in [-0.2, -0.15) is 5.10 Å². The number of hydrogen-bond acceptors (Lipinski definition) is 4. The average molecular weight is 310 g/mol. The van der Waals surface area contributed by atoms with Crippen LogP contribution in [0.2, 0.25) is 0 Å². The second-order valence-corrected chi connectivity index (χ2v) is 4.61. The van der Waals surface area contributed by atoms with Crippen molar-refractivity contribution in [3.8, 4) is 0 Å². The summed E-state index contributed by atoms with van der Waals surface area (Å²) in [7, 11) is 1.43. The molecule has 1 heterocycles. The maximum absolute atomic E-state index is 12.8. The van der Waals surface area contributed by atoms with E-state index in [1.165, 1.54) is 38.4 Å². The van der Waals surface area contributed by atoms with Crippen LogP contribution in [0.4, 0.5) is 20.2 Å². The molecular weight excluding hydrogens is 298 g/mol. The van der Waals surface area contributed by atoms with Crippen molar-refractivity contribution in [1.29, 1.82) is 0 Å². The first-order chi connectivity index (χ1) is 10.3. The molecule has 1 aromatic heterocycles. The molecule has 7 nitrogen and oxygen atoms in total. The van der Waals surface area contributed by atoms with Crippen LogP contribution in [0.15, 0.2) is 24.4 Å². The Morgan fingerprint density at radius 3 is 2.68 bits per heavy atom. The normalized spacial score (nSPS) is 10.8. The third-order valence-electron chi connectivity index (χ3n) is 2.96. The van der Waals surface area contributed by atoms with Gasteiger partial charge in [-0.25, -0.2) is 8.78 Å². The van der Waals surface area contributed by atoms with Crippen LogP contribution < -0.4 is 5.32 Å². The SMILES string of the molecule is Cc1cc(NC(=O)c2cn(C)nc2C(F)F)ccc1[N+](=O)[O-]. The van der Waals surface area contributed by atoms with Crippen molar-refractivity contribution < 1.29 is 18.5 Å². The van der Waals surface area contributed by atoms with Crippen LogP contribution in [0.25, 0.3) is 0 Å². The standard InChI is InChI=1S/C13H12F2N4O3/c1-7-5-8(3-4-10(7)19(21)22)16-13(20)9-6-18(2)17-11(9)12(14)15/h3-6,12H,1-2H3,(H,16,20). The Morgan fingerprint density at radius 1 is 1.45 bits per heavy atom. The summed E-state index contributed by atoms with van der Waals surface area (Å²) in [6.07, 6.45) is -1.68. The first-order valence-corrected chi connectivity index (χ1v) is 6.17. The molecule has 2 aromatic rings. The number of carbonyl (C=O) groups is 1. The smallest absolute Gasteiger partial charge is 0.282 e. The highest BCUT2D eigenvalue weighted by atomic mass is 19.3. The first kappa shape index (κ1) is 15.5. The Morgan fingerprint density at radius 2 is 2.14 bits per heavy atom. The van der Waals surface area contributed by atoms with Gasteiger partial charge in [0, 0.05) is 30.6 Å². The van der Waals surface area contributed by atoms with E-state index in [-0.39, 0.29) is 16.9 Å². The Labute approximate surface area is 123 Å². The summed E-state index contributed by atoms with van der Waals surface area (Å²) in [5, 5.41) is 16.7. The lowest BCUT2D eigenvalue weighted by Gasteiger charge is -2.06. The third-order valence-corrected chi connectivity index (χ3v) is 2.96. The highest BCUT2D eigenvalue weighted by molar-refractivity contribution is 6.05. The van der Waals surface area contributed by atoms with E-state index in [1.54, 1.807) is 0 Å². The molecule has 0 atom stereocenters. The van der Waals surface area contributed by atoms with E-state index in [1.807, 2.05) is 0 Å². The molecule has 0 unspecified atom stereocenters. The van der Waals surface area contributed by atoms with Gasteiger partial charge in [0.1, 0.15) is 5.69 Å². The molecule has 0 saturated carbocycles. The second-order valence-electron chi connectivity index (χ2n) is 4.61. The monoisotopic (exact) mass is 310 g/mol. The van der Waals surface area contributed by atoms with Crippen LogP contribution in [-0.2, 0) is 7.05 Å². The number of aromatic nitrogens is 2. The van der Waals surface area contributed by atoms with E-state index >= 15 is 0 Å². The van der Waals surface area contributed by atoms with Gasteiger partial charge in [0.2, 0.25) is 0 Å². The van der Waals surface area contributed by atoms with E-state index in [0.717, 1.165) is 4.68 Å². The minimum atomic E-state index is -2.87. The minimum absolute atomic E-state index is 0.0901. The summed E-state index contributed by atoms with van der Waals surface area (Å²) in [6, 6.07) is 3.97. The van der Waals surface area contributed by atoms with Crippen molar-refractivity contribution in [2.75, 3.05) is 5.32 Å². The lowest BCUT2D eigenvalue weighted by molar-refractivity contribution is -0.385. The molecule has 0 radical (unpaired) electrons. The summed E-state index contributed by atoms with van der Waals surface area (Å²) >= 11 is 0. The van der Waals surface area contributed by atoms with Crippen molar-refractivity contribution in [3.05, 3.63) is 51.3 Å². The molecular formula is C13H12F2N4O3. The summed E-state index contributed by atoms with van der Waals surface area (Å²) in [5.41, 5.74) is -0.319. The van der Waals surface area contributed by atoms with E-state index in [2.05, 4.69) is 10.4 Å². The van der Waals surface area contributed by atoms with E-state index < -0.39 is 22.9 Å². The topological polar surface area (TPSA) is 90.1 Å². The molecule has 0 bridgehead atoms. The number of benzene rings is 1. The van der Waals surface area contributed by atoms with Gasteiger partial charge < -0.3 is 5.32 Å². The molecule has 0 fully saturated rings. The molecule has 1 amide bonds. The number of nitro groups is 1. The van der Waals surface area contributed by atoms with Gasteiger partial charge in [-0.1, -0.05) is 0 Å². The van der Waals surface area contributed by atoms with Crippen LogP contribution >= 0.6 is 0 Å². The fourth-order valence-corrected chi connectivity index (χ4v) is 1.98. The zero-order valence-electron chi connectivity index (χ0n) is 11.7.